The summed E-state index contributed by atoms with van der Waals surface area (Å²) in [5, 5.41) is 5.58. The smallest absolute Gasteiger partial charge is 0.251 e. The van der Waals surface area contributed by atoms with Crippen LogP contribution in [-0.2, 0) is 4.79 Å². The summed E-state index contributed by atoms with van der Waals surface area (Å²) in [4.78, 5) is 22.7. The van der Waals surface area contributed by atoms with Gasteiger partial charge < -0.3 is 16.4 Å². The summed E-state index contributed by atoms with van der Waals surface area (Å²) in [6, 6.07) is 6.79. The standard InChI is InChI=1S/C12H15N3O2/c13-9-3-1-8(2-4-9)12(17)14-7-10-5-6-11(16)15-10/h1-4,10H,5-7,13H2,(H,14,17)(H,15,16). The molecule has 4 N–H and O–H groups in total. The van der Waals surface area contributed by atoms with Crippen LogP contribution >= 0.6 is 0 Å². The predicted octanol–water partition coefficient (Wildman–Crippen LogP) is 0.277. The summed E-state index contributed by atoms with van der Waals surface area (Å²) < 4.78 is 0. The van der Waals surface area contributed by atoms with Gasteiger partial charge in [-0.25, -0.2) is 0 Å². The molecule has 0 saturated carbocycles. The average molecular weight is 233 g/mol. The van der Waals surface area contributed by atoms with E-state index in [0.717, 1.165) is 6.42 Å². The van der Waals surface area contributed by atoms with E-state index in [9.17, 15) is 9.59 Å². The Kier molecular flexibility index (Phi) is 3.27. The lowest BCUT2D eigenvalue weighted by Gasteiger charge is -2.11. The maximum Gasteiger partial charge on any atom is 0.251 e. The van der Waals surface area contributed by atoms with Gasteiger partial charge in [0, 0.05) is 30.3 Å². The Balaban J connectivity index is 1.85. The van der Waals surface area contributed by atoms with Crippen molar-refractivity contribution in [3.63, 3.8) is 0 Å². The van der Waals surface area contributed by atoms with Crippen LogP contribution in [0.4, 0.5) is 5.69 Å². The second-order valence-electron chi connectivity index (χ2n) is 4.14. The van der Waals surface area contributed by atoms with Gasteiger partial charge in [0.05, 0.1) is 0 Å². The van der Waals surface area contributed by atoms with Crippen molar-refractivity contribution in [3.8, 4) is 0 Å². The minimum Gasteiger partial charge on any atom is -0.399 e. The fourth-order valence-electron chi connectivity index (χ4n) is 1.78. The molecule has 1 aliphatic heterocycles. The van der Waals surface area contributed by atoms with Crippen LogP contribution < -0.4 is 16.4 Å². The number of nitrogen functional groups attached to an aromatic ring is 1. The molecule has 5 heteroatoms. The van der Waals surface area contributed by atoms with Crippen LogP contribution in [0.1, 0.15) is 23.2 Å². The van der Waals surface area contributed by atoms with E-state index in [0.29, 0.717) is 24.2 Å². The molecule has 5 nitrogen and oxygen atoms in total. The minimum absolute atomic E-state index is 0.0525. The molecule has 1 unspecified atom stereocenters. The van der Waals surface area contributed by atoms with E-state index in [2.05, 4.69) is 10.6 Å². The molecular formula is C12H15N3O2. The minimum atomic E-state index is -0.147. The number of hydrogen-bond donors (Lipinski definition) is 3. The molecule has 2 rings (SSSR count). The predicted molar refractivity (Wildman–Crippen MR) is 64.4 cm³/mol. The Bertz CT molecular complexity index is 428. The van der Waals surface area contributed by atoms with Gasteiger partial charge in [0.1, 0.15) is 0 Å². The summed E-state index contributed by atoms with van der Waals surface area (Å²) in [6.45, 7) is 0.467. The molecule has 90 valence electrons. The molecule has 1 atom stereocenters. The number of nitrogens with two attached hydrogens (primary N) is 1. The topological polar surface area (TPSA) is 84.2 Å². The van der Waals surface area contributed by atoms with Crippen molar-refractivity contribution >= 4 is 17.5 Å². The normalized spacial score (nSPS) is 18.8. The number of hydrogen-bond acceptors (Lipinski definition) is 3. The Morgan fingerprint density at radius 1 is 1.41 bits per heavy atom. The molecule has 1 saturated heterocycles. The van der Waals surface area contributed by atoms with Crippen LogP contribution in [-0.4, -0.2) is 24.4 Å². The van der Waals surface area contributed by atoms with Gasteiger partial charge in [0.25, 0.3) is 5.91 Å². The van der Waals surface area contributed by atoms with E-state index in [1.54, 1.807) is 24.3 Å². The summed E-state index contributed by atoms with van der Waals surface area (Å²) >= 11 is 0. The largest absolute Gasteiger partial charge is 0.399 e. The zero-order chi connectivity index (χ0) is 12.3. The first-order chi connectivity index (χ1) is 8.15. The zero-order valence-electron chi connectivity index (χ0n) is 9.40. The lowest BCUT2D eigenvalue weighted by Crippen LogP contribution is -2.38. The van der Waals surface area contributed by atoms with Crippen LogP contribution in [0.3, 0.4) is 0 Å². The zero-order valence-corrected chi connectivity index (χ0v) is 9.40. The second-order valence-corrected chi connectivity index (χ2v) is 4.14. The summed E-state index contributed by atoms with van der Waals surface area (Å²) in [7, 11) is 0. The van der Waals surface area contributed by atoms with Gasteiger partial charge >= 0.3 is 0 Å². The fraction of sp³-hybridized carbons (Fsp3) is 0.333. The number of rotatable bonds is 3. The molecule has 1 fully saturated rings. The molecule has 17 heavy (non-hydrogen) atoms. The van der Waals surface area contributed by atoms with Crippen molar-refractivity contribution in [3.05, 3.63) is 29.8 Å². The summed E-state index contributed by atoms with van der Waals surface area (Å²) in [5.74, 6) is -0.0946. The quantitative estimate of drug-likeness (QED) is 0.655. The molecule has 0 aliphatic carbocycles. The Morgan fingerprint density at radius 2 is 2.12 bits per heavy atom. The SMILES string of the molecule is Nc1ccc(C(=O)NCC2CCC(=O)N2)cc1. The number of carbonyl (C=O) groups excluding carboxylic acids is 2. The number of carbonyl (C=O) groups is 2. The molecule has 0 spiro atoms. The van der Waals surface area contributed by atoms with E-state index in [1.165, 1.54) is 0 Å². The van der Waals surface area contributed by atoms with Gasteiger partial charge in [0.15, 0.2) is 0 Å². The van der Waals surface area contributed by atoms with Gasteiger partial charge in [-0.3, -0.25) is 9.59 Å². The fourth-order valence-corrected chi connectivity index (χ4v) is 1.78. The van der Waals surface area contributed by atoms with Gasteiger partial charge in [-0.05, 0) is 30.7 Å². The van der Waals surface area contributed by atoms with Crippen LogP contribution in [0, 0.1) is 0 Å². The van der Waals surface area contributed by atoms with E-state index in [-0.39, 0.29) is 17.9 Å². The highest BCUT2D eigenvalue weighted by Gasteiger charge is 2.20. The van der Waals surface area contributed by atoms with Gasteiger partial charge in [-0.2, -0.15) is 0 Å². The third-order valence-electron chi connectivity index (χ3n) is 2.77. The molecule has 0 aromatic heterocycles. The molecule has 1 aromatic rings. The number of anilines is 1. The number of benzene rings is 1. The molecular weight excluding hydrogens is 218 g/mol. The summed E-state index contributed by atoms with van der Waals surface area (Å²) in [5.41, 5.74) is 6.74. The Morgan fingerprint density at radius 3 is 2.71 bits per heavy atom. The molecule has 1 aromatic carbocycles. The van der Waals surface area contributed by atoms with E-state index in [4.69, 9.17) is 5.73 Å². The van der Waals surface area contributed by atoms with Crippen LogP contribution in [0.2, 0.25) is 0 Å². The van der Waals surface area contributed by atoms with Gasteiger partial charge in [-0.1, -0.05) is 0 Å². The maximum atomic E-state index is 11.7. The highest BCUT2D eigenvalue weighted by Crippen LogP contribution is 2.07. The van der Waals surface area contributed by atoms with E-state index in [1.807, 2.05) is 0 Å². The monoisotopic (exact) mass is 233 g/mol. The molecule has 2 amide bonds. The third-order valence-corrected chi connectivity index (χ3v) is 2.77. The number of amides is 2. The second kappa shape index (κ2) is 4.86. The van der Waals surface area contributed by atoms with Crippen molar-refractivity contribution in [2.24, 2.45) is 0 Å². The number of nitrogens with one attached hydrogen (secondary N) is 2. The average Bonchev–Trinajstić information content (AvgIpc) is 2.73. The third kappa shape index (κ3) is 2.96. The van der Waals surface area contributed by atoms with Crippen molar-refractivity contribution in [2.45, 2.75) is 18.9 Å². The highest BCUT2D eigenvalue weighted by molar-refractivity contribution is 5.94. The lowest BCUT2D eigenvalue weighted by atomic mass is 10.2. The first-order valence-corrected chi connectivity index (χ1v) is 5.58. The van der Waals surface area contributed by atoms with Crippen molar-refractivity contribution in [1.82, 2.24) is 10.6 Å². The van der Waals surface area contributed by atoms with E-state index >= 15 is 0 Å². The first kappa shape index (κ1) is 11.4. The molecule has 0 radical (unpaired) electrons. The molecule has 1 heterocycles. The van der Waals surface area contributed by atoms with Crippen molar-refractivity contribution < 1.29 is 9.59 Å². The maximum absolute atomic E-state index is 11.7. The summed E-state index contributed by atoms with van der Waals surface area (Å²) in [6.07, 6.45) is 1.32. The van der Waals surface area contributed by atoms with Gasteiger partial charge in [0.2, 0.25) is 5.91 Å². The Hall–Kier alpha value is -2.04. The lowest BCUT2D eigenvalue weighted by molar-refractivity contribution is -0.119. The van der Waals surface area contributed by atoms with Crippen LogP contribution in [0.15, 0.2) is 24.3 Å². The molecule has 1 aliphatic rings. The van der Waals surface area contributed by atoms with Crippen molar-refractivity contribution in [1.29, 1.82) is 0 Å². The molecule has 0 bridgehead atoms. The van der Waals surface area contributed by atoms with Crippen LogP contribution in [0.5, 0.6) is 0 Å². The Labute approximate surface area is 99.4 Å². The van der Waals surface area contributed by atoms with Crippen LogP contribution in [0.25, 0.3) is 0 Å². The van der Waals surface area contributed by atoms with Crippen molar-refractivity contribution in [2.75, 3.05) is 12.3 Å². The van der Waals surface area contributed by atoms with E-state index < -0.39 is 0 Å². The first-order valence-electron chi connectivity index (χ1n) is 5.58. The highest BCUT2D eigenvalue weighted by atomic mass is 16.2. The van der Waals surface area contributed by atoms with Gasteiger partial charge in [-0.15, -0.1) is 0 Å².